The van der Waals surface area contributed by atoms with Crippen LogP contribution >= 0.6 is 0 Å². The molecular formula is C14H26N4O2S. The molecular weight excluding hydrogens is 288 g/mol. The van der Waals surface area contributed by atoms with Crippen LogP contribution in [0.25, 0.3) is 0 Å². The molecule has 0 aliphatic carbocycles. The molecule has 2 N–H and O–H groups in total. The highest BCUT2D eigenvalue weighted by Crippen LogP contribution is 2.35. The van der Waals surface area contributed by atoms with Gasteiger partial charge in [0.25, 0.3) is 0 Å². The molecule has 0 radical (unpaired) electrons. The van der Waals surface area contributed by atoms with Crippen LogP contribution in [0.5, 0.6) is 0 Å². The topological polar surface area (TPSA) is 81.2 Å². The van der Waals surface area contributed by atoms with E-state index in [1.807, 2.05) is 13.8 Å². The Labute approximate surface area is 127 Å². The summed E-state index contributed by atoms with van der Waals surface area (Å²) < 4.78 is 25.9. The standard InChI is InChI=1S/C14H26N4O2S/c1-9(2)18-13(15)12(21(5,19)20)14(16-18)17-7-10(3)6-11(4)8-17/h9-11H,6-8,15H2,1-5H3. The number of nitrogens with two attached hydrogens (primary N) is 1. The van der Waals surface area contributed by atoms with Crippen molar-refractivity contribution in [3.8, 4) is 0 Å². The quantitative estimate of drug-likeness (QED) is 0.922. The van der Waals surface area contributed by atoms with E-state index in [0.29, 0.717) is 17.7 Å². The monoisotopic (exact) mass is 314 g/mol. The van der Waals surface area contributed by atoms with Gasteiger partial charge in [0.05, 0.1) is 0 Å². The average molecular weight is 314 g/mol. The van der Waals surface area contributed by atoms with E-state index >= 15 is 0 Å². The molecule has 1 aliphatic rings. The maximum atomic E-state index is 12.2. The van der Waals surface area contributed by atoms with E-state index in [0.717, 1.165) is 19.5 Å². The van der Waals surface area contributed by atoms with Gasteiger partial charge in [0.2, 0.25) is 0 Å². The van der Waals surface area contributed by atoms with E-state index in [2.05, 4.69) is 23.8 Å². The summed E-state index contributed by atoms with van der Waals surface area (Å²) in [5.41, 5.74) is 6.06. The van der Waals surface area contributed by atoms with Gasteiger partial charge in [-0.15, -0.1) is 0 Å². The second-order valence-corrected chi connectivity index (χ2v) is 8.65. The first kappa shape index (κ1) is 16.1. The molecule has 1 aromatic heterocycles. The van der Waals surface area contributed by atoms with Crippen molar-refractivity contribution in [2.45, 2.75) is 45.1 Å². The molecule has 7 heteroatoms. The van der Waals surface area contributed by atoms with E-state index in [9.17, 15) is 8.42 Å². The number of rotatable bonds is 3. The zero-order valence-corrected chi connectivity index (χ0v) is 14.3. The molecule has 2 unspecified atom stereocenters. The van der Waals surface area contributed by atoms with Crippen LogP contribution in [0.3, 0.4) is 0 Å². The van der Waals surface area contributed by atoms with Gasteiger partial charge in [0, 0.05) is 25.4 Å². The second-order valence-electron chi connectivity index (χ2n) is 6.70. The van der Waals surface area contributed by atoms with Crippen LogP contribution in [0.4, 0.5) is 11.6 Å². The van der Waals surface area contributed by atoms with Crippen molar-refractivity contribution < 1.29 is 8.42 Å². The van der Waals surface area contributed by atoms with E-state index < -0.39 is 9.84 Å². The van der Waals surface area contributed by atoms with Crippen molar-refractivity contribution in [3.05, 3.63) is 0 Å². The van der Waals surface area contributed by atoms with E-state index in [4.69, 9.17) is 5.73 Å². The largest absolute Gasteiger partial charge is 0.383 e. The van der Waals surface area contributed by atoms with Crippen LogP contribution in [0.1, 0.15) is 40.2 Å². The molecule has 1 aliphatic heterocycles. The van der Waals surface area contributed by atoms with Gasteiger partial charge in [0.15, 0.2) is 20.6 Å². The summed E-state index contributed by atoms with van der Waals surface area (Å²) in [4.78, 5) is 2.25. The lowest BCUT2D eigenvalue weighted by Crippen LogP contribution is -2.39. The summed E-state index contributed by atoms with van der Waals surface area (Å²) in [6, 6.07) is 0.0267. The van der Waals surface area contributed by atoms with Gasteiger partial charge >= 0.3 is 0 Å². The summed E-state index contributed by atoms with van der Waals surface area (Å²) in [5.74, 6) is 1.80. The van der Waals surface area contributed by atoms with E-state index in [1.54, 1.807) is 4.68 Å². The molecule has 0 bridgehead atoms. The van der Waals surface area contributed by atoms with Gasteiger partial charge in [-0.05, 0) is 32.1 Å². The third-order valence-corrected chi connectivity index (χ3v) is 5.05. The smallest absolute Gasteiger partial charge is 0.182 e. The highest BCUT2D eigenvalue weighted by Gasteiger charge is 2.31. The predicted octanol–water partition coefficient (Wildman–Crippen LogP) is 1.93. The van der Waals surface area contributed by atoms with E-state index in [-0.39, 0.29) is 16.8 Å². The Morgan fingerprint density at radius 3 is 2.19 bits per heavy atom. The Kier molecular flexibility index (Phi) is 4.24. The highest BCUT2D eigenvalue weighted by atomic mass is 32.2. The average Bonchev–Trinajstić information content (AvgIpc) is 2.65. The first-order chi connectivity index (χ1) is 9.61. The van der Waals surface area contributed by atoms with Crippen molar-refractivity contribution >= 4 is 21.5 Å². The fourth-order valence-corrected chi connectivity index (χ4v) is 4.19. The van der Waals surface area contributed by atoms with Crippen LogP contribution < -0.4 is 10.6 Å². The van der Waals surface area contributed by atoms with Gasteiger partial charge in [0.1, 0.15) is 5.82 Å². The van der Waals surface area contributed by atoms with Crippen molar-refractivity contribution in [1.29, 1.82) is 0 Å². The lowest BCUT2D eigenvalue weighted by molar-refractivity contribution is 0.353. The maximum Gasteiger partial charge on any atom is 0.182 e. The first-order valence-electron chi connectivity index (χ1n) is 7.44. The van der Waals surface area contributed by atoms with Gasteiger partial charge < -0.3 is 10.6 Å². The number of nitrogen functional groups attached to an aromatic ring is 1. The lowest BCUT2D eigenvalue weighted by Gasteiger charge is -2.35. The zero-order chi connectivity index (χ0) is 15.9. The van der Waals surface area contributed by atoms with Crippen molar-refractivity contribution in [1.82, 2.24) is 9.78 Å². The van der Waals surface area contributed by atoms with Crippen molar-refractivity contribution in [2.24, 2.45) is 11.8 Å². The molecule has 2 atom stereocenters. The molecule has 1 fully saturated rings. The highest BCUT2D eigenvalue weighted by molar-refractivity contribution is 7.91. The number of piperidine rings is 1. The molecule has 1 aromatic rings. The summed E-state index contributed by atoms with van der Waals surface area (Å²) in [6.07, 6.45) is 2.36. The van der Waals surface area contributed by atoms with Gasteiger partial charge in [-0.3, -0.25) is 0 Å². The molecule has 0 aromatic carbocycles. The van der Waals surface area contributed by atoms with Gasteiger partial charge in [-0.2, -0.15) is 5.10 Å². The molecule has 0 spiro atoms. The molecule has 120 valence electrons. The van der Waals surface area contributed by atoms with Crippen molar-refractivity contribution in [2.75, 3.05) is 30.0 Å². The van der Waals surface area contributed by atoms with Gasteiger partial charge in [-0.1, -0.05) is 13.8 Å². The molecule has 2 heterocycles. The molecule has 0 saturated carbocycles. The number of sulfone groups is 1. The van der Waals surface area contributed by atoms with E-state index in [1.165, 1.54) is 6.26 Å². The van der Waals surface area contributed by atoms with Crippen molar-refractivity contribution in [3.63, 3.8) is 0 Å². The first-order valence-corrected chi connectivity index (χ1v) is 9.33. The minimum absolute atomic E-state index is 0.0267. The maximum absolute atomic E-state index is 12.2. The Morgan fingerprint density at radius 1 is 1.24 bits per heavy atom. The zero-order valence-electron chi connectivity index (χ0n) is 13.5. The summed E-state index contributed by atoms with van der Waals surface area (Å²) in [7, 11) is -3.41. The van der Waals surface area contributed by atoms with Crippen LogP contribution in [-0.4, -0.2) is 37.5 Å². The minimum Gasteiger partial charge on any atom is -0.383 e. The molecule has 0 amide bonds. The summed E-state index contributed by atoms with van der Waals surface area (Å²) in [6.45, 7) is 9.90. The Morgan fingerprint density at radius 2 is 1.76 bits per heavy atom. The van der Waals surface area contributed by atoms with Crippen LogP contribution in [0, 0.1) is 11.8 Å². The molecule has 21 heavy (non-hydrogen) atoms. The Bertz CT molecular complexity index is 611. The Hall–Kier alpha value is -1.24. The van der Waals surface area contributed by atoms with Crippen LogP contribution in [0.2, 0.25) is 0 Å². The number of hydrogen-bond donors (Lipinski definition) is 1. The number of nitrogens with zero attached hydrogens (tertiary/aromatic N) is 3. The molecule has 2 rings (SSSR count). The third-order valence-electron chi connectivity index (χ3n) is 3.91. The SMILES string of the molecule is CC1CC(C)CN(c2nn(C(C)C)c(N)c2S(C)(=O)=O)C1. The number of aromatic nitrogens is 2. The molecule has 1 saturated heterocycles. The fourth-order valence-electron chi connectivity index (χ4n) is 3.21. The minimum atomic E-state index is -3.41. The Balaban J connectivity index is 2.54. The summed E-state index contributed by atoms with van der Waals surface area (Å²) in [5, 5.41) is 4.51. The number of hydrogen-bond acceptors (Lipinski definition) is 5. The third kappa shape index (κ3) is 3.17. The fraction of sp³-hybridized carbons (Fsp3) is 0.786. The number of anilines is 2. The second kappa shape index (κ2) is 5.51. The van der Waals surface area contributed by atoms with Crippen LogP contribution in [-0.2, 0) is 9.84 Å². The summed E-state index contributed by atoms with van der Waals surface area (Å²) >= 11 is 0. The normalized spacial score (nSPS) is 23.8. The van der Waals surface area contributed by atoms with Gasteiger partial charge in [-0.25, -0.2) is 13.1 Å². The lowest BCUT2D eigenvalue weighted by atomic mass is 9.92. The molecule has 6 nitrogen and oxygen atoms in total. The van der Waals surface area contributed by atoms with Crippen LogP contribution in [0.15, 0.2) is 4.90 Å². The predicted molar refractivity (Wildman–Crippen MR) is 85.3 cm³/mol.